The van der Waals surface area contributed by atoms with Crippen LogP contribution >= 0.6 is 0 Å². The molecule has 1 aliphatic heterocycles. The number of primary amides is 1. The van der Waals surface area contributed by atoms with Crippen LogP contribution in [0.2, 0.25) is 0 Å². The maximum atomic E-state index is 12.4. The third kappa shape index (κ3) is 2.24. The van der Waals surface area contributed by atoms with Crippen molar-refractivity contribution in [2.45, 2.75) is 12.8 Å². The van der Waals surface area contributed by atoms with Gasteiger partial charge < -0.3 is 15.1 Å². The lowest BCUT2D eigenvalue weighted by Crippen LogP contribution is -2.41. The first-order valence-corrected chi connectivity index (χ1v) is 6.57. The van der Waals surface area contributed by atoms with Gasteiger partial charge in [-0.25, -0.2) is 4.98 Å². The van der Waals surface area contributed by atoms with E-state index in [4.69, 9.17) is 10.2 Å². The van der Waals surface area contributed by atoms with Crippen molar-refractivity contribution in [1.82, 2.24) is 9.88 Å². The van der Waals surface area contributed by atoms with Gasteiger partial charge in [-0.15, -0.1) is 0 Å². The van der Waals surface area contributed by atoms with Gasteiger partial charge in [0.05, 0.1) is 0 Å². The molecule has 0 bridgehead atoms. The minimum atomic E-state index is -0.277. The fourth-order valence-corrected chi connectivity index (χ4v) is 2.54. The van der Waals surface area contributed by atoms with Gasteiger partial charge in [0.15, 0.2) is 12.0 Å². The number of aromatic nitrogens is 1. The number of carbonyl (C=O) groups excluding carboxylic acids is 2. The van der Waals surface area contributed by atoms with Crippen molar-refractivity contribution in [2.75, 3.05) is 13.1 Å². The molecule has 0 spiro atoms. The highest BCUT2D eigenvalue weighted by Gasteiger charge is 2.26. The van der Waals surface area contributed by atoms with Crippen LogP contribution in [0, 0.1) is 5.92 Å². The molecule has 104 valence electrons. The summed E-state index contributed by atoms with van der Waals surface area (Å²) in [7, 11) is 0. The predicted octanol–water partition coefficient (Wildman–Crippen LogP) is 1.17. The summed E-state index contributed by atoms with van der Waals surface area (Å²) in [6.45, 7) is 1.12. The third-order valence-electron chi connectivity index (χ3n) is 3.76. The number of benzene rings is 1. The number of piperidine rings is 1. The molecule has 2 amide bonds. The summed E-state index contributed by atoms with van der Waals surface area (Å²) in [6.07, 6.45) is 2.62. The second kappa shape index (κ2) is 4.96. The van der Waals surface area contributed by atoms with E-state index in [0.29, 0.717) is 42.6 Å². The summed E-state index contributed by atoms with van der Waals surface area (Å²) in [4.78, 5) is 29.3. The fraction of sp³-hybridized carbons (Fsp3) is 0.357. The lowest BCUT2D eigenvalue weighted by atomic mass is 9.96. The van der Waals surface area contributed by atoms with Gasteiger partial charge in [-0.1, -0.05) is 0 Å². The van der Waals surface area contributed by atoms with Gasteiger partial charge in [-0.2, -0.15) is 0 Å². The van der Waals surface area contributed by atoms with Crippen LogP contribution in [0.1, 0.15) is 23.2 Å². The van der Waals surface area contributed by atoms with Crippen molar-refractivity contribution in [3.63, 3.8) is 0 Å². The second-order valence-electron chi connectivity index (χ2n) is 5.00. The molecule has 1 saturated heterocycles. The Morgan fingerprint density at radius 3 is 2.75 bits per heavy atom. The Balaban J connectivity index is 1.74. The maximum Gasteiger partial charge on any atom is 0.253 e. The Morgan fingerprint density at radius 2 is 2.05 bits per heavy atom. The molecule has 2 aromatic rings. The van der Waals surface area contributed by atoms with Crippen molar-refractivity contribution in [3.05, 3.63) is 30.2 Å². The number of rotatable bonds is 2. The quantitative estimate of drug-likeness (QED) is 0.889. The molecule has 0 unspecified atom stereocenters. The van der Waals surface area contributed by atoms with E-state index in [1.807, 2.05) is 0 Å². The van der Waals surface area contributed by atoms with Crippen LogP contribution in [0.15, 0.2) is 29.0 Å². The van der Waals surface area contributed by atoms with Crippen LogP contribution in [0.3, 0.4) is 0 Å². The minimum Gasteiger partial charge on any atom is -0.443 e. The molecule has 1 aliphatic rings. The highest BCUT2D eigenvalue weighted by molar-refractivity contribution is 5.97. The number of nitrogens with two attached hydrogens (primary N) is 1. The minimum absolute atomic E-state index is 0.0437. The molecule has 0 aliphatic carbocycles. The number of oxazole rings is 1. The Morgan fingerprint density at radius 1 is 1.30 bits per heavy atom. The highest BCUT2D eigenvalue weighted by atomic mass is 16.3. The topological polar surface area (TPSA) is 89.4 Å². The zero-order valence-electron chi connectivity index (χ0n) is 10.9. The van der Waals surface area contributed by atoms with Crippen LogP contribution in [0.25, 0.3) is 11.1 Å². The molecule has 1 aromatic carbocycles. The first kappa shape index (κ1) is 12.7. The molecule has 0 saturated carbocycles. The lowest BCUT2D eigenvalue weighted by molar-refractivity contribution is -0.123. The highest BCUT2D eigenvalue weighted by Crippen LogP contribution is 2.20. The summed E-state index contributed by atoms with van der Waals surface area (Å²) >= 11 is 0. The molecule has 6 nitrogen and oxygen atoms in total. The van der Waals surface area contributed by atoms with Gasteiger partial charge in [-0.3, -0.25) is 9.59 Å². The van der Waals surface area contributed by atoms with E-state index in [9.17, 15) is 9.59 Å². The molecular formula is C14H15N3O3. The number of fused-ring (bicyclic) bond motifs is 1. The second-order valence-corrected chi connectivity index (χ2v) is 5.00. The van der Waals surface area contributed by atoms with Crippen LogP contribution < -0.4 is 5.73 Å². The molecule has 1 fully saturated rings. The Hall–Kier alpha value is -2.37. The largest absolute Gasteiger partial charge is 0.443 e. The summed E-state index contributed by atoms with van der Waals surface area (Å²) in [5.74, 6) is -0.434. The van der Waals surface area contributed by atoms with Crippen LogP contribution in [0.5, 0.6) is 0 Å². The van der Waals surface area contributed by atoms with E-state index in [2.05, 4.69) is 4.98 Å². The van der Waals surface area contributed by atoms with E-state index in [-0.39, 0.29) is 17.7 Å². The van der Waals surface area contributed by atoms with Crippen LogP contribution in [0.4, 0.5) is 0 Å². The molecule has 0 radical (unpaired) electrons. The average Bonchev–Trinajstić information content (AvgIpc) is 2.94. The van der Waals surface area contributed by atoms with E-state index >= 15 is 0 Å². The van der Waals surface area contributed by atoms with Gasteiger partial charge in [0.2, 0.25) is 5.91 Å². The van der Waals surface area contributed by atoms with E-state index < -0.39 is 0 Å². The number of carbonyl (C=O) groups is 2. The predicted molar refractivity (Wildman–Crippen MR) is 71.8 cm³/mol. The summed E-state index contributed by atoms with van der Waals surface area (Å²) in [5, 5.41) is 0. The van der Waals surface area contributed by atoms with E-state index in [1.54, 1.807) is 23.1 Å². The standard InChI is InChI=1S/C14H15N3O3/c15-13(18)9-3-5-17(6-4-9)14(19)10-1-2-12-11(7-10)16-8-20-12/h1-2,7-9H,3-6H2,(H2,15,18). The summed E-state index contributed by atoms with van der Waals surface area (Å²) in [6, 6.07) is 5.20. The monoisotopic (exact) mass is 273 g/mol. The van der Waals surface area contributed by atoms with Crippen LogP contribution in [-0.2, 0) is 4.79 Å². The van der Waals surface area contributed by atoms with Gasteiger partial charge in [0, 0.05) is 24.6 Å². The molecule has 2 heterocycles. The Labute approximate surface area is 115 Å². The van der Waals surface area contributed by atoms with E-state index in [0.717, 1.165) is 0 Å². The van der Waals surface area contributed by atoms with Crippen molar-refractivity contribution in [1.29, 1.82) is 0 Å². The molecule has 0 atom stereocenters. The molecule has 2 N–H and O–H groups in total. The van der Waals surface area contributed by atoms with Gasteiger partial charge in [-0.05, 0) is 31.0 Å². The van der Waals surface area contributed by atoms with Crippen LogP contribution in [-0.4, -0.2) is 34.8 Å². The Kier molecular flexibility index (Phi) is 3.14. The van der Waals surface area contributed by atoms with Crippen molar-refractivity contribution in [2.24, 2.45) is 11.7 Å². The SMILES string of the molecule is NC(=O)C1CCN(C(=O)c2ccc3ocnc3c2)CC1. The fourth-order valence-electron chi connectivity index (χ4n) is 2.54. The number of hydrogen-bond acceptors (Lipinski definition) is 4. The average molecular weight is 273 g/mol. The first-order chi connectivity index (χ1) is 9.65. The maximum absolute atomic E-state index is 12.4. The zero-order chi connectivity index (χ0) is 14.1. The zero-order valence-corrected chi connectivity index (χ0v) is 10.9. The number of hydrogen-bond donors (Lipinski definition) is 1. The Bertz CT molecular complexity index is 656. The molecular weight excluding hydrogens is 258 g/mol. The number of amides is 2. The van der Waals surface area contributed by atoms with Gasteiger partial charge >= 0.3 is 0 Å². The van der Waals surface area contributed by atoms with Crippen molar-refractivity contribution < 1.29 is 14.0 Å². The van der Waals surface area contributed by atoms with Gasteiger partial charge in [0.1, 0.15) is 5.52 Å². The first-order valence-electron chi connectivity index (χ1n) is 6.57. The lowest BCUT2D eigenvalue weighted by Gasteiger charge is -2.30. The molecule has 1 aromatic heterocycles. The molecule has 6 heteroatoms. The van der Waals surface area contributed by atoms with E-state index in [1.165, 1.54) is 6.39 Å². The van der Waals surface area contributed by atoms with Crippen molar-refractivity contribution >= 4 is 22.9 Å². The normalized spacial score (nSPS) is 16.5. The summed E-state index contributed by atoms with van der Waals surface area (Å²) < 4.78 is 5.15. The van der Waals surface area contributed by atoms with Gasteiger partial charge in [0.25, 0.3) is 5.91 Å². The summed E-state index contributed by atoms with van der Waals surface area (Å²) in [5.41, 5.74) is 7.21. The molecule has 3 rings (SSSR count). The molecule has 20 heavy (non-hydrogen) atoms. The smallest absolute Gasteiger partial charge is 0.253 e. The third-order valence-corrected chi connectivity index (χ3v) is 3.76. The number of likely N-dealkylation sites (tertiary alicyclic amines) is 1. The number of nitrogens with zero attached hydrogens (tertiary/aromatic N) is 2. The van der Waals surface area contributed by atoms with Crippen molar-refractivity contribution in [3.8, 4) is 0 Å².